The molecule has 0 bridgehead atoms. The molecule has 3 aromatic heterocycles. The Morgan fingerprint density at radius 1 is 1.39 bits per heavy atom. The summed E-state index contributed by atoms with van der Waals surface area (Å²) >= 11 is 1.64. The summed E-state index contributed by atoms with van der Waals surface area (Å²) in [7, 11) is 2.01. The molecule has 0 saturated carbocycles. The zero-order chi connectivity index (χ0) is 12.5. The van der Waals surface area contributed by atoms with E-state index in [0.717, 1.165) is 34.1 Å². The van der Waals surface area contributed by atoms with Crippen molar-refractivity contribution >= 4 is 16.3 Å². The normalized spacial score (nSPS) is 11.4. The Hall–Kier alpha value is -1.66. The second-order valence-corrected chi connectivity index (χ2v) is 5.35. The maximum atomic E-state index is 5.50. The number of aromatic nitrogens is 4. The van der Waals surface area contributed by atoms with Gasteiger partial charge in [-0.15, -0.1) is 0 Å². The van der Waals surface area contributed by atoms with Crippen LogP contribution in [0.5, 0.6) is 0 Å². The topological polar surface area (TPSA) is 61.1 Å². The van der Waals surface area contributed by atoms with Crippen LogP contribution in [0.4, 0.5) is 0 Å². The fourth-order valence-electron chi connectivity index (χ4n) is 1.89. The third kappa shape index (κ3) is 2.04. The largest absolute Gasteiger partial charge is 0.357 e. The molecule has 0 spiro atoms. The lowest BCUT2D eigenvalue weighted by Crippen LogP contribution is -2.00. The average Bonchev–Trinajstić information content (AvgIpc) is 2.99. The van der Waals surface area contributed by atoms with E-state index >= 15 is 0 Å². The maximum Gasteiger partial charge on any atom is 0.212 e. The van der Waals surface area contributed by atoms with Crippen molar-refractivity contribution in [2.45, 2.75) is 12.8 Å². The van der Waals surface area contributed by atoms with Gasteiger partial charge in [-0.3, -0.25) is 0 Å². The zero-order valence-electron chi connectivity index (χ0n) is 10.2. The summed E-state index contributed by atoms with van der Waals surface area (Å²) < 4.78 is 3.88. The first-order chi connectivity index (χ1) is 8.76. The van der Waals surface area contributed by atoms with E-state index in [4.69, 9.17) is 5.73 Å². The lowest BCUT2D eigenvalue weighted by Gasteiger charge is -1.91. The Bertz CT molecular complexity index is 631. The van der Waals surface area contributed by atoms with E-state index in [2.05, 4.69) is 22.3 Å². The van der Waals surface area contributed by atoms with Gasteiger partial charge in [-0.25, -0.2) is 9.50 Å². The first-order valence-corrected chi connectivity index (χ1v) is 6.75. The quantitative estimate of drug-likeness (QED) is 0.777. The number of aryl methyl sites for hydroxylation is 2. The van der Waals surface area contributed by atoms with Crippen LogP contribution in [0.2, 0.25) is 0 Å². The van der Waals surface area contributed by atoms with Gasteiger partial charge in [0.05, 0.1) is 11.9 Å². The van der Waals surface area contributed by atoms with E-state index in [9.17, 15) is 0 Å². The van der Waals surface area contributed by atoms with Crippen LogP contribution in [0.15, 0.2) is 24.7 Å². The third-order valence-electron chi connectivity index (χ3n) is 2.81. The number of hydrogen-bond donors (Lipinski definition) is 1. The summed E-state index contributed by atoms with van der Waals surface area (Å²) in [5, 5.41) is 5.61. The number of hydrogen-bond acceptors (Lipinski definition) is 4. The molecule has 5 nitrogen and oxygen atoms in total. The summed E-state index contributed by atoms with van der Waals surface area (Å²) in [6.07, 6.45) is 7.96. The van der Waals surface area contributed by atoms with Crippen LogP contribution in [0.3, 0.4) is 0 Å². The highest BCUT2D eigenvalue weighted by molar-refractivity contribution is 7.16. The van der Waals surface area contributed by atoms with Crippen LogP contribution in [0.1, 0.15) is 11.4 Å². The minimum Gasteiger partial charge on any atom is -0.357 e. The molecular weight excluding hydrogens is 246 g/mol. The van der Waals surface area contributed by atoms with E-state index in [1.54, 1.807) is 11.3 Å². The second kappa shape index (κ2) is 4.55. The van der Waals surface area contributed by atoms with Crippen LogP contribution in [0, 0.1) is 0 Å². The molecule has 0 aliphatic heterocycles. The van der Waals surface area contributed by atoms with Gasteiger partial charge in [0.25, 0.3) is 0 Å². The second-order valence-electron chi connectivity index (χ2n) is 4.31. The molecule has 0 aliphatic carbocycles. The van der Waals surface area contributed by atoms with Crippen molar-refractivity contribution in [3.63, 3.8) is 0 Å². The predicted molar refractivity (Wildman–Crippen MR) is 72.6 cm³/mol. The van der Waals surface area contributed by atoms with Crippen molar-refractivity contribution in [3.05, 3.63) is 29.7 Å². The Morgan fingerprint density at radius 2 is 2.28 bits per heavy atom. The molecule has 3 heterocycles. The highest BCUT2D eigenvalue weighted by Gasteiger charge is 2.09. The molecule has 0 aromatic carbocycles. The molecule has 6 heteroatoms. The van der Waals surface area contributed by atoms with Crippen LogP contribution >= 0.6 is 11.3 Å². The molecule has 3 rings (SSSR count). The van der Waals surface area contributed by atoms with Gasteiger partial charge in [0, 0.05) is 31.4 Å². The summed E-state index contributed by atoms with van der Waals surface area (Å²) in [6, 6.07) is 2.06. The summed E-state index contributed by atoms with van der Waals surface area (Å²) in [5.41, 5.74) is 7.60. The van der Waals surface area contributed by atoms with Crippen molar-refractivity contribution in [1.82, 2.24) is 19.2 Å². The van der Waals surface area contributed by atoms with Crippen molar-refractivity contribution in [1.29, 1.82) is 0 Å². The molecule has 0 radical (unpaired) electrons. The van der Waals surface area contributed by atoms with Gasteiger partial charge in [0.15, 0.2) is 0 Å². The molecule has 3 aromatic rings. The third-order valence-corrected chi connectivity index (χ3v) is 3.79. The van der Waals surface area contributed by atoms with Crippen molar-refractivity contribution in [2.75, 3.05) is 6.54 Å². The van der Waals surface area contributed by atoms with Crippen LogP contribution in [-0.4, -0.2) is 25.7 Å². The Morgan fingerprint density at radius 3 is 2.94 bits per heavy atom. The van der Waals surface area contributed by atoms with Gasteiger partial charge >= 0.3 is 0 Å². The lowest BCUT2D eigenvalue weighted by atomic mass is 10.3. The van der Waals surface area contributed by atoms with E-state index in [0.29, 0.717) is 6.54 Å². The van der Waals surface area contributed by atoms with Gasteiger partial charge in [0.2, 0.25) is 4.96 Å². The first-order valence-electron chi connectivity index (χ1n) is 5.94. The van der Waals surface area contributed by atoms with E-state index in [1.165, 1.54) is 0 Å². The molecule has 0 unspecified atom stereocenters. The Balaban J connectivity index is 1.90. The summed E-state index contributed by atoms with van der Waals surface area (Å²) in [4.78, 5) is 5.54. The zero-order valence-corrected chi connectivity index (χ0v) is 11.0. The molecule has 0 amide bonds. The highest BCUT2D eigenvalue weighted by atomic mass is 32.1. The van der Waals surface area contributed by atoms with Gasteiger partial charge < -0.3 is 10.3 Å². The fourth-order valence-corrected chi connectivity index (χ4v) is 2.81. The van der Waals surface area contributed by atoms with E-state index in [1.807, 2.05) is 28.5 Å². The smallest absolute Gasteiger partial charge is 0.212 e. The molecule has 0 aliphatic rings. The molecule has 0 fully saturated rings. The molecular formula is C12H15N5S. The molecule has 2 N–H and O–H groups in total. The monoisotopic (exact) mass is 261 g/mol. The van der Waals surface area contributed by atoms with Crippen LogP contribution in [-0.2, 0) is 13.5 Å². The average molecular weight is 261 g/mol. The minimum absolute atomic E-state index is 0.706. The number of nitrogens with two attached hydrogens (primary N) is 1. The Labute approximate surface area is 109 Å². The van der Waals surface area contributed by atoms with Crippen molar-refractivity contribution in [3.8, 4) is 11.3 Å². The lowest BCUT2D eigenvalue weighted by molar-refractivity contribution is 0.799. The highest BCUT2D eigenvalue weighted by Crippen LogP contribution is 2.22. The maximum absolute atomic E-state index is 5.50. The van der Waals surface area contributed by atoms with Crippen molar-refractivity contribution < 1.29 is 0 Å². The van der Waals surface area contributed by atoms with Crippen LogP contribution < -0.4 is 5.73 Å². The van der Waals surface area contributed by atoms with Gasteiger partial charge in [-0.1, -0.05) is 11.3 Å². The van der Waals surface area contributed by atoms with Gasteiger partial charge in [-0.05, 0) is 19.0 Å². The SMILES string of the molecule is Cn1ccc(-c2cn3nc(CCCN)sc3n2)c1. The van der Waals surface area contributed by atoms with Crippen molar-refractivity contribution in [2.24, 2.45) is 12.8 Å². The predicted octanol–water partition coefficient (Wildman–Crippen LogP) is 1.69. The summed E-state index contributed by atoms with van der Waals surface area (Å²) in [5.74, 6) is 0. The first kappa shape index (κ1) is 11.4. The van der Waals surface area contributed by atoms with Gasteiger partial charge in [0.1, 0.15) is 5.01 Å². The van der Waals surface area contributed by atoms with E-state index in [-0.39, 0.29) is 0 Å². The molecule has 0 atom stereocenters. The van der Waals surface area contributed by atoms with E-state index < -0.39 is 0 Å². The number of imidazole rings is 1. The standard InChI is InChI=1S/C12H15N5S/c1-16-6-4-9(7-16)10-8-17-12(14-10)18-11(15-17)3-2-5-13/h4,6-8H,2-3,5,13H2,1H3. The minimum atomic E-state index is 0.706. The van der Waals surface area contributed by atoms with Gasteiger partial charge in [-0.2, -0.15) is 5.10 Å². The molecule has 94 valence electrons. The Kier molecular flexibility index (Phi) is 2.89. The summed E-state index contributed by atoms with van der Waals surface area (Å²) in [6.45, 7) is 0.706. The molecule has 0 saturated heterocycles. The van der Waals surface area contributed by atoms with Crippen LogP contribution in [0.25, 0.3) is 16.2 Å². The number of fused-ring (bicyclic) bond motifs is 1. The fraction of sp³-hybridized carbons (Fsp3) is 0.333. The molecule has 18 heavy (non-hydrogen) atoms. The number of rotatable bonds is 4. The number of nitrogens with zero attached hydrogens (tertiary/aromatic N) is 4.